The van der Waals surface area contributed by atoms with Crippen LogP contribution in [0.15, 0.2) is 102 Å². The van der Waals surface area contributed by atoms with Crippen molar-refractivity contribution in [1.29, 1.82) is 0 Å². The molecule has 9 heteroatoms. The molecule has 0 fully saturated rings. The molecule has 2 amide bonds. The first-order chi connectivity index (χ1) is 21.8. The quantitative estimate of drug-likeness (QED) is 0.170. The molecule has 0 unspecified atom stereocenters. The van der Waals surface area contributed by atoms with E-state index in [1.807, 2.05) is 89.2 Å². The fourth-order valence-corrected chi connectivity index (χ4v) is 6.67. The van der Waals surface area contributed by atoms with Crippen molar-refractivity contribution in [3.63, 3.8) is 0 Å². The van der Waals surface area contributed by atoms with Crippen molar-refractivity contribution < 1.29 is 18.0 Å². The van der Waals surface area contributed by atoms with E-state index >= 15 is 0 Å². The number of sulfonamides is 1. The summed E-state index contributed by atoms with van der Waals surface area (Å²) in [5.74, 6) is -0.622. The normalized spacial score (nSPS) is 12.1. The van der Waals surface area contributed by atoms with Crippen LogP contribution in [-0.2, 0) is 32.6 Å². The maximum Gasteiger partial charge on any atom is 0.264 e. The van der Waals surface area contributed by atoms with Gasteiger partial charge in [-0.3, -0.25) is 13.9 Å². The predicted octanol–water partition coefficient (Wildman–Crippen LogP) is 6.87. The zero-order valence-corrected chi connectivity index (χ0v) is 28.6. The summed E-state index contributed by atoms with van der Waals surface area (Å²) in [5, 5.41) is 3.39. The number of rotatable bonds is 13. The number of aryl methyl sites for hydroxylation is 3. The van der Waals surface area contributed by atoms with Crippen molar-refractivity contribution in [3.05, 3.63) is 130 Å². The van der Waals surface area contributed by atoms with Crippen molar-refractivity contribution in [2.75, 3.05) is 17.4 Å². The van der Waals surface area contributed by atoms with Crippen LogP contribution in [0, 0.1) is 26.7 Å². The van der Waals surface area contributed by atoms with Crippen LogP contribution in [0.5, 0.6) is 0 Å². The van der Waals surface area contributed by atoms with Gasteiger partial charge in [-0.15, -0.1) is 0 Å². The molecule has 0 aliphatic rings. The minimum atomic E-state index is -4.21. The largest absolute Gasteiger partial charge is 0.354 e. The summed E-state index contributed by atoms with van der Waals surface area (Å²) < 4.78 is 29.5. The Balaban J connectivity index is 1.82. The van der Waals surface area contributed by atoms with Crippen LogP contribution in [0.25, 0.3) is 0 Å². The number of anilines is 1. The molecule has 1 atom stereocenters. The molecule has 0 heterocycles. The lowest BCUT2D eigenvalue weighted by Crippen LogP contribution is -2.53. The zero-order chi connectivity index (χ0) is 33.4. The molecule has 4 rings (SSSR count). The summed E-state index contributed by atoms with van der Waals surface area (Å²) in [7, 11) is -4.21. The standard InChI is InChI=1S/C37H42ClN3O4S/c1-26(2)23-39-37(43)35(21-30-11-7-6-8-12-30)40(24-31-13-9-10-28(4)20-31)36(42)25-41(32-17-16-29(5)34(38)22-32)46(44,45)33-18-14-27(3)15-19-33/h6-20,22,26,35H,21,23-25H2,1-5H3,(H,39,43)/t35-/m1/s1. The molecule has 0 aliphatic heterocycles. The molecule has 0 saturated carbocycles. The van der Waals surface area contributed by atoms with Gasteiger partial charge in [-0.05, 0) is 67.6 Å². The number of hydrogen-bond acceptors (Lipinski definition) is 4. The van der Waals surface area contributed by atoms with Crippen molar-refractivity contribution in [2.24, 2.45) is 5.92 Å². The number of amides is 2. The smallest absolute Gasteiger partial charge is 0.264 e. The average Bonchev–Trinajstić information content (AvgIpc) is 3.02. The Morgan fingerprint density at radius 1 is 0.804 bits per heavy atom. The SMILES string of the molecule is Cc1ccc(S(=O)(=O)N(CC(=O)N(Cc2cccc(C)c2)[C@H](Cc2ccccc2)C(=O)NCC(C)C)c2ccc(C)c(Cl)c2)cc1. The Morgan fingerprint density at radius 3 is 2.11 bits per heavy atom. The molecule has 7 nitrogen and oxygen atoms in total. The van der Waals surface area contributed by atoms with Crippen LogP contribution in [0.1, 0.15) is 41.7 Å². The highest BCUT2D eigenvalue weighted by Gasteiger charge is 2.34. The van der Waals surface area contributed by atoms with E-state index in [9.17, 15) is 18.0 Å². The van der Waals surface area contributed by atoms with E-state index < -0.39 is 28.5 Å². The van der Waals surface area contributed by atoms with Crippen molar-refractivity contribution in [3.8, 4) is 0 Å². The molecule has 0 radical (unpaired) electrons. The number of halogens is 1. The Kier molecular flexibility index (Phi) is 11.7. The molecular weight excluding hydrogens is 618 g/mol. The summed E-state index contributed by atoms with van der Waals surface area (Å²) in [6.45, 7) is 9.67. The van der Waals surface area contributed by atoms with Crippen molar-refractivity contribution in [1.82, 2.24) is 10.2 Å². The molecule has 0 spiro atoms. The predicted molar refractivity (Wildman–Crippen MR) is 185 cm³/mol. The van der Waals surface area contributed by atoms with Gasteiger partial charge in [-0.2, -0.15) is 0 Å². The average molecular weight is 660 g/mol. The van der Waals surface area contributed by atoms with E-state index in [4.69, 9.17) is 11.6 Å². The first kappa shape index (κ1) is 34.7. The van der Waals surface area contributed by atoms with Crippen molar-refractivity contribution in [2.45, 2.75) is 58.5 Å². The lowest BCUT2D eigenvalue weighted by atomic mass is 10.0. The van der Waals surface area contributed by atoms with Crippen LogP contribution >= 0.6 is 11.6 Å². The number of nitrogens with zero attached hydrogens (tertiary/aromatic N) is 2. The van der Waals surface area contributed by atoms with Crippen LogP contribution in [0.2, 0.25) is 5.02 Å². The molecule has 0 bridgehead atoms. The highest BCUT2D eigenvalue weighted by Crippen LogP contribution is 2.29. The van der Waals surface area contributed by atoms with Crippen LogP contribution in [0.3, 0.4) is 0 Å². The maximum atomic E-state index is 14.6. The van der Waals surface area contributed by atoms with Crippen LogP contribution in [-0.4, -0.2) is 44.3 Å². The minimum absolute atomic E-state index is 0.0448. The van der Waals surface area contributed by atoms with E-state index in [1.54, 1.807) is 30.3 Å². The second-order valence-electron chi connectivity index (χ2n) is 12.1. The lowest BCUT2D eigenvalue weighted by Gasteiger charge is -2.34. The third kappa shape index (κ3) is 8.98. The molecule has 4 aromatic rings. The minimum Gasteiger partial charge on any atom is -0.354 e. The fraction of sp³-hybridized carbons (Fsp3) is 0.297. The van der Waals surface area contributed by atoms with E-state index in [1.165, 1.54) is 17.0 Å². The Labute approximate surface area is 278 Å². The Hall–Kier alpha value is -4.14. The van der Waals surface area contributed by atoms with Gasteiger partial charge in [0.25, 0.3) is 10.0 Å². The molecule has 4 aromatic carbocycles. The number of carbonyl (C=O) groups excluding carboxylic acids is 2. The van der Waals surface area contributed by atoms with Crippen LogP contribution < -0.4 is 9.62 Å². The van der Waals surface area contributed by atoms with Gasteiger partial charge in [0.05, 0.1) is 10.6 Å². The molecule has 0 aliphatic carbocycles. The van der Waals surface area contributed by atoms with Gasteiger partial charge < -0.3 is 10.2 Å². The molecule has 1 N–H and O–H groups in total. The molecule has 0 saturated heterocycles. The Bertz CT molecular complexity index is 1760. The number of carbonyl (C=O) groups is 2. The fourth-order valence-electron chi connectivity index (χ4n) is 5.09. The van der Waals surface area contributed by atoms with Crippen LogP contribution in [0.4, 0.5) is 5.69 Å². The van der Waals surface area contributed by atoms with E-state index in [0.29, 0.717) is 11.6 Å². The van der Waals surface area contributed by atoms with Gasteiger partial charge in [-0.1, -0.05) is 109 Å². The molecule has 46 heavy (non-hydrogen) atoms. The topological polar surface area (TPSA) is 86.8 Å². The third-order valence-corrected chi connectivity index (χ3v) is 9.92. The van der Waals surface area contributed by atoms with Gasteiger partial charge >= 0.3 is 0 Å². The Morgan fingerprint density at radius 2 is 1.48 bits per heavy atom. The molecule has 0 aromatic heterocycles. The van der Waals surface area contributed by atoms with Crippen molar-refractivity contribution >= 4 is 39.1 Å². The second-order valence-corrected chi connectivity index (χ2v) is 14.4. The van der Waals surface area contributed by atoms with E-state index in [2.05, 4.69) is 5.32 Å². The molecule has 242 valence electrons. The highest BCUT2D eigenvalue weighted by molar-refractivity contribution is 7.92. The number of hydrogen-bond donors (Lipinski definition) is 1. The maximum absolute atomic E-state index is 14.6. The van der Waals surface area contributed by atoms with E-state index in [-0.39, 0.29) is 35.4 Å². The summed E-state index contributed by atoms with van der Waals surface area (Å²) in [5.41, 5.74) is 4.64. The highest BCUT2D eigenvalue weighted by atomic mass is 35.5. The molecular formula is C37H42ClN3O4S. The summed E-state index contributed by atoms with van der Waals surface area (Å²) >= 11 is 6.47. The van der Waals surface area contributed by atoms with Gasteiger partial charge in [0.1, 0.15) is 12.6 Å². The van der Waals surface area contributed by atoms with Gasteiger partial charge in [0, 0.05) is 24.5 Å². The number of nitrogens with one attached hydrogen (secondary N) is 1. The third-order valence-electron chi connectivity index (χ3n) is 7.72. The first-order valence-electron chi connectivity index (χ1n) is 15.4. The lowest BCUT2D eigenvalue weighted by molar-refractivity contribution is -0.140. The van der Waals surface area contributed by atoms with Gasteiger partial charge in [0.2, 0.25) is 11.8 Å². The van der Waals surface area contributed by atoms with Gasteiger partial charge in [0.15, 0.2) is 0 Å². The summed E-state index contributed by atoms with van der Waals surface area (Å²) in [4.78, 5) is 30.0. The monoisotopic (exact) mass is 659 g/mol. The van der Waals surface area contributed by atoms with Gasteiger partial charge in [-0.25, -0.2) is 8.42 Å². The van der Waals surface area contributed by atoms with E-state index in [0.717, 1.165) is 32.1 Å². The second kappa shape index (κ2) is 15.4. The number of benzene rings is 4. The zero-order valence-electron chi connectivity index (χ0n) is 27.0. The summed E-state index contributed by atoms with van der Waals surface area (Å²) in [6.07, 6.45) is 0.253. The summed E-state index contributed by atoms with van der Waals surface area (Å²) in [6, 6.07) is 27.7. The first-order valence-corrected chi connectivity index (χ1v) is 17.2.